The largest absolute Gasteiger partial charge is 0.298 e. The summed E-state index contributed by atoms with van der Waals surface area (Å²) >= 11 is 0. The lowest BCUT2D eigenvalue weighted by Gasteiger charge is -2.43. The standard InChI is InChI=1S/C38H35NP2/c1-39(2)38(41(35-27-15-16-28-35,33-23-11-5-12-24-33)34-25-13-6-14-26-34)36-29-17-18-30-37(36)40(31-19-7-3-8-20-31)32-21-9-4-10-22-32/h3-30,38H,1-2H3/t38-/m0/s1. The molecule has 0 saturated heterocycles. The van der Waals surface area contributed by atoms with Crippen molar-refractivity contribution in [3.8, 4) is 0 Å². The normalized spacial score (nSPS) is 13.7. The smallest absolute Gasteiger partial charge is 0.0630 e. The molecule has 0 amide bonds. The quantitative estimate of drug-likeness (QED) is 0.183. The lowest BCUT2D eigenvalue weighted by molar-refractivity contribution is 0.388. The van der Waals surface area contributed by atoms with E-state index in [4.69, 9.17) is 0 Å². The Morgan fingerprint density at radius 3 is 1.39 bits per heavy atom. The van der Waals surface area contributed by atoms with Gasteiger partial charge in [0.05, 0.1) is 5.78 Å². The fraction of sp³-hybridized carbons (Fsp3) is 0.0789. The molecule has 202 valence electrons. The Bertz CT molecular complexity index is 1610. The third-order valence-electron chi connectivity index (χ3n) is 7.72. The second-order valence-corrected chi connectivity index (χ2v) is 16.1. The van der Waals surface area contributed by atoms with Gasteiger partial charge in [0, 0.05) is 0 Å². The Kier molecular flexibility index (Phi) is 8.31. The zero-order valence-corrected chi connectivity index (χ0v) is 25.4. The summed E-state index contributed by atoms with van der Waals surface area (Å²) in [6.45, 7) is -2.21. The van der Waals surface area contributed by atoms with Crippen LogP contribution in [0.25, 0.3) is 0 Å². The molecule has 0 bridgehead atoms. The van der Waals surface area contributed by atoms with Crippen LogP contribution >= 0.6 is 14.8 Å². The monoisotopic (exact) mass is 567 g/mol. The molecule has 0 aromatic heterocycles. The van der Waals surface area contributed by atoms with Crippen LogP contribution in [0.1, 0.15) is 11.3 Å². The molecule has 0 unspecified atom stereocenters. The first-order valence-corrected chi connectivity index (χ1v) is 17.3. The summed E-state index contributed by atoms with van der Waals surface area (Å²) in [6.07, 6.45) is 9.11. The van der Waals surface area contributed by atoms with E-state index in [2.05, 4.69) is 189 Å². The topological polar surface area (TPSA) is 3.24 Å². The number of allylic oxidation sites excluding steroid dienone is 4. The van der Waals surface area contributed by atoms with Crippen LogP contribution in [0.5, 0.6) is 0 Å². The molecule has 0 fully saturated rings. The summed E-state index contributed by atoms with van der Waals surface area (Å²) in [5.41, 5.74) is 1.40. The Morgan fingerprint density at radius 1 is 0.512 bits per heavy atom. The molecule has 0 radical (unpaired) electrons. The van der Waals surface area contributed by atoms with E-state index in [0.29, 0.717) is 0 Å². The zero-order chi connectivity index (χ0) is 28.1. The van der Waals surface area contributed by atoms with Crippen LogP contribution in [-0.4, -0.2) is 24.3 Å². The van der Waals surface area contributed by atoms with Gasteiger partial charge in [0.1, 0.15) is 0 Å². The van der Waals surface area contributed by atoms with Crippen molar-refractivity contribution in [2.75, 3.05) is 14.1 Å². The van der Waals surface area contributed by atoms with Gasteiger partial charge in [-0.1, -0.05) is 170 Å². The molecule has 0 saturated carbocycles. The van der Waals surface area contributed by atoms with Crippen molar-refractivity contribution in [2.45, 2.75) is 5.78 Å². The molecule has 1 atom stereocenters. The molecule has 0 spiro atoms. The Balaban J connectivity index is 1.72. The molecular weight excluding hydrogens is 532 g/mol. The van der Waals surface area contributed by atoms with E-state index < -0.39 is 14.8 Å². The van der Waals surface area contributed by atoms with Crippen molar-refractivity contribution in [1.82, 2.24) is 4.90 Å². The lowest BCUT2D eigenvalue weighted by Crippen LogP contribution is -2.36. The van der Waals surface area contributed by atoms with E-state index in [1.165, 1.54) is 37.4 Å². The molecule has 1 aliphatic rings. The summed E-state index contributed by atoms with van der Waals surface area (Å²) in [5.74, 6) is 0.128. The molecule has 41 heavy (non-hydrogen) atoms. The minimum atomic E-state index is -2.21. The highest BCUT2D eigenvalue weighted by molar-refractivity contribution is 7.90. The van der Waals surface area contributed by atoms with Crippen molar-refractivity contribution < 1.29 is 0 Å². The molecule has 5 aromatic rings. The molecule has 0 N–H and O–H groups in total. The van der Waals surface area contributed by atoms with Gasteiger partial charge in [0.2, 0.25) is 0 Å². The Morgan fingerprint density at radius 2 is 0.927 bits per heavy atom. The van der Waals surface area contributed by atoms with Crippen molar-refractivity contribution in [3.63, 3.8) is 0 Å². The summed E-state index contributed by atoms with van der Waals surface area (Å²) in [6, 6.07) is 53.9. The van der Waals surface area contributed by atoms with Crippen LogP contribution in [0.3, 0.4) is 0 Å². The summed E-state index contributed by atoms with van der Waals surface area (Å²) in [5, 5.41) is 8.36. The number of rotatable bonds is 8. The van der Waals surface area contributed by atoms with Crippen molar-refractivity contribution >= 4 is 46.6 Å². The van der Waals surface area contributed by atoms with Gasteiger partial charge in [-0.05, 0) is 66.3 Å². The van der Waals surface area contributed by atoms with Gasteiger partial charge >= 0.3 is 0 Å². The second-order valence-electron chi connectivity index (χ2n) is 10.4. The van der Waals surface area contributed by atoms with Gasteiger partial charge in [0.25, 0.3) is 0 Å². The number of hydrogen-bond donors (Lipinski definition) is 0. The van der Waals surface area contributed by atoms with Gasteiger partial charge < -0.3 is 0 Å². The maximum atomic E-state index is 2.48. The third-order valence-corrected chi connectivity index (χ3v) is 15.0. The highest BCUT2D eigenvalue weighted by Gasteiger charge is 2.39. The van der Waals surface area contributed by atoms with Gasteiger partial charge in [0.15, 0.2) is 0 Å². The van der Waals surface area contributed by atoms with E-state index in [1.54, 1.807) is 0 Å². The molecule has 6 rings (SSSR count). The van der Waals surface area contributed by atoms with Crippen LogP contribution in [0.15, 0.2) is 170 Å². The first kappa shape index (κ1) is 27.4. The predicted octanol–water partition coefficient (Wildman–Crippen LogP) is 6.97. The van der Waals surface area contributed by atoms with E-state index in [0.717, 1.165) is 0 Å². The fourth-order valence-electron chi connectivity index (χ4n) is 6.12. The summed E-state index contributed by atoms with van der Waals surface area (Å²) in [7, 11) is 3.75. The van der Waals surface area contributed by atoms with Crippen molar-refractivity contribution in [3.05, 3.63) is 175 Å². The van der Waals surface area contributed by atoms with Crippen LogP contribution in [0, 0.1) is 0 Å². The Hall–Kier alpha value is -3.73. The SMILES string of the molecule is CN(C)[C@H](c1ccccc1P(c1ccccc1)c1ccccc1)P(=C1C=CC=C1)(c1ccccc1)c1ccccc1. The molecule has 1 nitrogen and oxygen atoms in total. The lowest BCUT2D eigenvalue weighted by atomic mass is 10.2. The minimum Gasteiger partial charge on any atom is -0.298 e. The first-order chi connectivity index (χ1) is 20.2. The van der Waals surface area contributed by atoms with Crippen LogP contribution < -0.4 is 26.5 Å². The fourth-order valence-corrected chi connectivity index (χ4v) is 13.7. The number of nitrogens with zero attached hydrogens (tertiary/aromatic N) is 1. The van der Waals surface area contributed by atoms with Crippen LogP contribution in [-0.2, 0) is 0 Å². The number of benzene rings is 5. The van der Waals surface area contributed by atoms with Crippen LogP contribution in [0.2, 0.25) is 0 Å². The van der Waals surface area contributed by atoms with E-state index in [9.17, 15) is 0 Å². The molecule has 5 aromatic carbocycles. The average molecular weight is 568 g/mol. The van der Waals surface area contributed by atoms with Crippen molar-refractivity contribution in [2.24, 2.45) is 0 Å². The molecule has 0 aliphatic heterocycles. The van der Waals surface area contributed by atoms with Crippen LogP contribution in [0.4, 0.5) is 0 Å². The summed E-state index contributed by atoms with van der Waals surface area (Å²) in [4.78, 5) is 2.48. The third kappa shape index (κ3) is 5.23. The maximum absolute atomic E-state index is 2.48. The predicted molar refractivity (Wildman–Crippen MR) is 184 cm³/mol. The molecule has 0 heterocycles. The van der Waals surface area contributed by atoms with E-state index in [-0.39, 0.29) is 5.78 Å². The zero-order valence-electron chi connectivity index (χ0n) is 23.6. The molecule has 3 heteroatoms. The van der Waals surface area contributed by atoms with E-state index >= 15 is 0 Å². The highest BCUT2D eigenvalue weighted by Crippen LogP contribution is 2.61. The second kappa shape index (κ2) is 12.4. The molecular formula is C38H35NP2. The van der Waals surface area contributed by atoms with E-state index in [1.807, 2.05) is 0 Å². The number of hydrogen-bond acceptors (Lipinski definition) is 1. The van der Waals surface area contributed by atoms with Gasteiger partial charge in [-0.3, -0.25) is 4.90 Å². The van der Waals surface area contributed by atoms with Gasteiger partial charge in [-0.2, -0.15) is 0 Å². The van der Waals surface area contributed by atoms with Crippen molar-refractivity contribution in [1.29, 1.82) is 0 Å². The maximum Gasteiger partial charge on any atom is 0.0630 e. The van der Waals surface area contributed by atoms with Gasteiger partial charge in [-0.15, -0.1) is 0 Å². The summed E-state index contributed by atoms with van der Waals surface area (Å²) < 4.78 is 0. The minimum absolute atomic E-state index is 0.128. The first-order valence-electron chi connectivity index (χ1n) is 14.1. The molecule has 1 aliphatic carbocycles. The van der Waals surface area contributed by atoms with Gasteiger partial charge in [-0.25, -0.2) is 0 Å². The average Bonchev–Trinajstić information content (AvgIpc) is 3.58. The Labute approximate surface area is 246 Å². The highest BCUT2D eigenvalue weighted by atomic mass is 31.2.